The predicted molar refractivity (Wildman–Crippen MR) is 197 cm³/mol. The molecule has 47 heavy (non-hydrogen) atoms. The van der Waals surface area contributed by atoms with E-state index in [-0.39, 0.29) is 30.0 Å². The minimum absolute atomic E-state index is 0.0183. The van der Waals surface area contributed by atoms with Crippen molar-refractivity contribution in [2.75, 3.05) is 11.9 Å². The fourth-order valence-electron chi connectivity index (χ4n) is 4.41. The summed E-state index contributed by atoms with van der Waals surface area (Å²) in [6, 6.07) is 24.8. The third kappa shape index (κ3) is 17.1. The molecule has 0 heterocycles. The fourth-order valence-corrected chi connectivity index (χ4v) is 4.41. The Labute approximate surface area is 283 Å². The second-order valence-corrected chi connectivity index (χ2v) is 11.6. The van der Waals surface area contributed by atoms with Crippen molar-refractivity contribution >= 4 is 17.4 Å². The predicted octanol–water partition coefficient (Wildman–Crippen LogP) is 10.9. The SMILES string of the molecule is C=C=C(O)CC(CCC(=C=C)CCC(=O)COc1ccc(NC(=O)Cc2ccccc2C)cc1)c1ccccc1.CC.CCC(C)C. The number of aliphatic hydroxyl groups is 1. The van der Waals surface area contributed by atoms with Crippen molar-refractivity contribution < 1.29 is 19.4 Å². The van der Waals surface area contributed by atoms with Crippen LogP contribution in [0.2, 0.25) is 0 Å². The maximum Gasteiger partial charge on any atom is 0.228 e. The number of benzene rings is 3. The number of ketones is 1. The number of carbonyl (C=O) groups is 2. The number of aliphatic hydroxyl groups excluding tert-OH is 1. The summed E-state index contributed by atoms with van der Waals surface area (Å²) in [4.78, 5) is 24.9. The summed E-state index contributed by atoms with van der Waals surface area (Å²) in [5.74, 6) is 1.58. The standard InChI is InChI=1S/C35H37NO4.C5H12.C2H6/c1-4-27(15-17-30(23-32(37)5-2)28-12-7-6-8-13-28)16-20-33(38)25-40-34-21-18-31(19-22-34)36-35(39)24-29-14-10-9-11-26(29)3;1-4-5(2)3;1-2/h6-14,18-19,21-22,30,37H,1-2,15-17,20,23-25H2,3H3,(H,36,39);5H,4H2,1-3H3;1-2H3. The van der Waals surface area contributed by atoms with Crippen LogP contribution in [0.5, 0.6) is 5.75 Å². The average molecular weight is 638 g/mol. The van der Waals surface area contributed by atoms with Gasteiger partial charge in [0.05, 0.1) is 6.42 Å². The van der Waals surface area contributed by atoms with Crippen LogP contribution < -0.4 is 10.1 Å². The van der Waals surface area contributed by atoms with E-state index in [4.69, 9.17) is 4.74 Å². The van der Waals surface area contributed by atoms with Gasteiger partial charge in [-0.15, -0.1) is 5.73 Å². The van der Waals surface area contributed by atoms with E-state index in [2.05, 4.69) is 50.7 Å². The van der Waals surface area contributed by atoms with Gasteiger partial charge in [0.1, 0.15) is 18.1 Å². The Morgan fingerprint density at radius 3 is 2.06 bits per heavy atom. The number of Topliss-reactive ketones (excluding diaryl/α,β-unsaturated/α-hetero) is 1. The van der Waals surface area contributed by atoms with Gasteiger partial charge in [0.15, 0.2) is 5.78 Å². The van der Waals surface area contributed by atoms with E-state index in [9.17, 15) is 14.7 Å². The number of allylic oxidation sites excluding steroid dienone is 2. The number of hydrogen-bond donors (Lipinski definition) is 2. The van der Waals surface area contributed by atoms with Crippen LogP contribution >= 0.6 is 0 Å². The van der Waals surface area contributed by atoms with Gasteiger partial charge >= 0.3 is 0 Å². The van der Waals surface area contributed by atoms with Gasteiger partial charge < -0.3 is 15.2 Å². The number of nitrogens with one attached hydrogen (secondary N) is 1. The number of amides is 1. The molecule has 0 saturated heterocycles. The van der Waals surface area contributed by atoms with Gasteiger partial charge in [-0.2, -0.15) is 0 Å². The molecule has 5 heteroatoms. The molecule has 0 aliphatic heterocycles. The Morgan fingerprint density at radius 1 is 0.872 bits per heavy atom. The summed E-state index contributed by atoms with van der Waals surface area (Å²) in [6.07, 6.45) is 4.47. The fraction of sp³-hybridized carbons (Fsp3) is 0.381. The molecule has 0 bridgehead atoms. The molecule has 2 N–H and O–H groups in total. The van der Waals surface area contributed by atoms with Crippen molar-refractivity contribution in [3.8, 4) is 5.75 Å². The van der Waals surface area contributed by atoms with Crippen LogP contribution in [0.15, 0.2) is 115 Å². The first-order valence-electron chi connectivity index (χ1n) is 16.7. The van der Waals surface area contributed by atoms with E-state index in [0.717, 1.165) is 41.0 Å². The summed E-state index contributed by atoms with van der Waals surface area (Å²) >= 11 is 0. The lowest BCUT2D eigenvalue weighted by atomic mass is 9.88. The Morgan fingerprint density at radius 2 is 1.49 bits per heavy atom. The van der Waals surface area contributed by atoms with Gasteiger partial charge in [-0.1, -0.05) is 115 Å². The Kier molecular flexibility index (Phi) is 20.4. The third-order valence-corrected chi connectivity index (χ3v) is 7.63. The molecule has 3 aromatic rings. The van der Waals surface area contributed by atoms with Crippen LogP contribution in [0.4, 0.5) is 5.69 Å². The average Bonchev–Trinajstić information content (AvgIpc) is 3.09. The Balaban J connectivity index is 0.00000144. The zero-order chi connectivity index (χ0) is 35.0. The van der Waals surface area contributed by atoms with E-state index in [0.29, 0.717) is 37.1 Å². The van der Waals surface area contributed by atoms with Gasteiger partial charge in [-0.25, -0.2) is 0 Å². The van der Waals surface area contributed by atoms with Gasteiger partial charge in [-0.05, 0) is 84.6 Å². The van der Waals surface area contributed by atoms with Crippen LogP contribution in [-0.4, -0.2) is 23.4 Å². The quantitative estimate of drug-likeness (QED) is 0.121. The van der Waals surface area contributed by atoms with Gasteiger partial charge in [0, 0.05) is 18.5 Å². The smallest absolute Gasteiger partial charge is 0.228 e. The monoisotopic (exact) mass is 637 g/mol. The van der Waals surface area contributed by atoms with Crippen LogP contribution in [0.25, 0.3) is 0 Å². The number of anilines is 1. The molecule has 0 spiro atoms. The first kappa shape index (κ1) is 40.5. The van der Waals surface area contributed by atoms with Crippen LogP contribution in [0, 0.1) is 12.8 Å². The first-order chi connectivity index (χ1) is 22.6. The molecule has 1 atom stereocenters. The maximum atomic E-state index is 12.5. The van der Waals surface area contributed by atoms with E-state index in [1.807, 2.05) is 75.4 Å². The lowest BCUT2D eigenvalue weighted by Gasteiger charge is -2.17. The van der Waals surface area contributed by atoms with E-state index >= 15 is 0 Å². The number of aryl methyl sites for hydroxylation is 1. The van der Waals surface area contributed by atoms with Crippen LogP contribution in [0.3, 0.4) is 0 Å². The molecule has 0 fully saturated rings. The minimum Gasteiger partial charge on any atom is -0.505 e. The topological polar surface area (TPSA) is 75.6 Å². The molecular weight excluding hydrogens is 582 g/mol. The highest BCUT2D eigenvalue weighted by Crippen LogP contribution is 2.29. The second kappa shape index (κ2) is 23.7. The molecule has 3 rings (SSSR count). The van der Waals surface area contributed by atoms with E-state index < -0.39 is 0 Å². The maximum absolute atomic E-state index is 12.5. The van der Waals surface area contributed by atoms with Crippen molar-refractivity contribution in [2.24, 2.45) is 5.92 Å². The van der Waals surface area contributed by atoms with Crippen LogP contribution in [-0.2, 0) is 16.0 Å². The number of rotatable bonds is 16. The van der Waals surface area contributed by atoms with E-state index in [1.165, 1.54) is 6.42 Å². The molecule has 0 radical (unpaired) electrons. The summed E-state index contributed by atoms with van der Waals surface area (Å²) in [7, 11) is 0. The normalized spacial score (nSPS) is 10.5. The Bertz CT molecular complexity index is 1440. The van der Waals surface area contributed by atoms with E-state index in [1.54, 1.807) is 24.3 Å². The molecule has 5 nitrogen and oxygen atoms in total. The highest BCUT2D eigenvalue weighted by Gasteiger charge is 2.15. The number of hydrogen-bond acceptors (Lipinski definition) is 4. The highest BCUT2D eigenvalue weighted by molar-refractivity contribution is 5.92. The third-order valence-electron chi connectivity index (χ3n) is 7.63. The van der Waals surface area contributed by atoms with Crippen molar-refractivity contribution in [3.63, 3.8) is 0 Å². The van der Waals surface area contributed by atoms with Crippen molar-refractivity contribution in [2.45, 2.75) is 92.4 Å². The summed E-state index contributed by atoms with van der Waals surface area (Å²) in [5, 5.41) is 12.9. The molecule has 1 unspecified atom stereocenters. The van der Waals surface area contributed by atoms with Gasteiger partial charge in [0.2, 0.25) is 5.91 Å². The summed E-state index contributed by atoms with van der Waals surface area (Å²) in [5.41, 5.74) is 10.4. The first-order valence-corrected chi connectivity index (χ1v) is 16.7. The largest absolute Gasteiger partial charge is 0.505 e. The molecule has 3 aromatic carbocycles. The molecule has 1 amide bonds. The van der Waals surface area contributed by atoms with Crippen molar-refractivity contribution in [1.29, 1.82) is 0 Å². The van der Waals surface area contributed by atoms with Crippen molar-refractivity contribution in [3.05, 3.63) is 132 Å². The zero-order valence-electron chi connectivity index (χ0n) is 29.4. The van der Waals surface area contributed by atoms with Crippen molar-refractivity contribution in [1.82, 2.24) is 0 Å². The molecule has 0 aliphatic carbocycles. The molecule has 0 aromatic heterocycles. The van der Waals surface area contributed by atoms with Gasteiger partial charge in [-0.3, -0.25) is 9.59 Å². The molecule has 0 aliphatic rings. The number of ether oxygens (including phenoxy) is 1. The highest BCUT2D eigenvalue weighted by atomic mass is 16.5. The zero-order valence-corrected chi connectivity index (χ0v) is 29.4. The Hall–Kier alpha value is -4.56. The van der Waals surface area contributed by atoms with Gasteiger partial charge in [0.25, 0.3) is 0 Å². The molecule has 0 saturated carbocycles. The lowest BCUT2D eigenvalue weighted by molar-refractivity contribution is -0.121. The summed E-state index contributed by atoms with van der Waals surface area (Å²) < 4.78 is 5.67. The number of carbonyl (C=O) groups excluding carboxylic acids is 2. The summed E-state index contributed by atoms with van der Waals surface area (Å²) in [6.45, 7) is 19.9. The second-order valence-electron chi connectivity index (χ2n) is 11.6. The lowest BCUT2D eigenvalue weighted by Crippen LogP contribution is -2.15. The molecule has 252 valence electrons. The minimum atomic E-state index is -0.0896. The molecular formula is C42H55NO4. The van der Waals surface area contributed by atoms with Crippen LogP contribution in [0.1, 0.15) is 95.8 Å².